The number of phenols is 1. The fraction of sp³-hybridized carbons (Fsp3) is 0.500. The van der Waals surface area contributed by atoms with Crippen molar-refractivity contribution < 1.29 is 34.2 Å². The summed E-state index contributed by atoms with van der Waals surface area (Å²) in [4.78, 5) is 66.6. The summed E-state index contributed by atoms with van der Waals surface area (Å²) in [5, 5.41) is 22.0. The van der Waals surface area contributed by atoms with E-state index in [1.165, 1.54) is 4.90 Å². The van der Waals surface area contributed by atoms with Crippen LogP contribution in [0.25, 0.3) is 0 Å². The normalized spacial score (nSPS) is 34.2. The molecule has 1 aromatic rings. The van der Waals surface area contributed by atoms with E-state index < -0.39 is 64.4 Å². The molecule has 3 aliphatic carbocycles. The predicted molar refractivity (Wildman–Crippen MR) is 119 cm³/mol. The van der Waals surface area contributed by atoms with Crippen molar-refractivity contribution in [1.82, 2.24) is 4.90 Å². The van der Waals surface area contributed by atoms with E-state index >= 15 is 0 Å². The van der Waals surface area contributed by atoms with E-state index in [9.17, 15) is 34.2 Å². The van der Waals surface area contributed by atoms with Crippen LogP contribution in [0.4, 0.5) is 0 Å². The Balaban J connectivity index is 1.89. The number of hydrogen-bond acceptors (Lipinski definition) is 8. The van der Waals surface area contributed by atoms with E-state index in [1.54, 1.807) is 20.2 Å². The molecule has 0 heterocycles. The van der Waals surface area contributed by atoms with Gasteiger partial charge in [-0.1, -0.05) is 0 Å². The highest BCUT2D eigenvalue weighted by atomic mass is 127. The zero-order chi connectivity index (χ0) is 23.9. The van der Waals surface area contributed by atoms with Crippen molar-refractivity contribution in [3.63, 3.8) is 0 Å². The number of rotatable bonds is 2. The first-order chi connectivity index (χ1) is 14.8. The average Bonchev–Trinajstić information content (AvgIpc) is 2.68. The van der Waals surface area contributed by atoms with E-state index in [-0.39, 0.29) is 24.2 Å². The van der Waals surface area contributed by atoms with Gasteiger partial charge in [-0.15, -0.1) is 0 Å². The minimum absolute atomic E-state index is 0.0287. The van der Waals surface area contributed by atoms with Crippen molar-refractivity contribution >= 4 is 51.6 Å². The van der Waals surface area contributed by atoms with Gasteiger partial charge in [-0.25, -0.2) is 0 Å². The number of hydrogen-bond donors (Lipinski definition) is 3. The Morgan fingerprint density at radius 1 is 1.22 bits per heavy atom. The summed E-state index contributed by atoms with van der Waals surface area (Å²) < 4.78 is 0.450. The number of aryl methyl sites for hydroxylation is 1. The van der Waals surface area contributed by atoms with Crippen molar-refractivity contribution in [2.75, 3.05) is 14.1 Å². The topological polar surface area (TPSA) is 155 Å². The number of amides is 1. The minimum atomic E-state index is -2.69. The first-order valence-corrected chi connectivity index (χ1v) is 11.3. The van der Waals surface area contributed by atoms with E-state index in [0.717, 1.165) is 5.56 Å². The molecule has 1 aromatic carbocycles. The fourth-order valence-corrected chi connectivity index (χ4v) is 6.55. The van der Waals surface area contributed by atoms with Crippen LogP contribution < -0.4 is 5.73 Å². The van der Waals surface area contributed by atoms with Gasteiger partial charge < -0.3 is 15.9 Å². The Labute approximate surface area is 197 Å². The predicted octanol–water partition coefficient (Wildman–Crippen LogP) is -0.220. The molecule has 0 spiro atoms. The van der Waals surface area contributed by atoms with Gasteiger partial charge in [0.25, 0.3) is 0 Å². The Morgan fingerprint density at radius 2 is 1.84 bits per heavy atom. The monoisotopic (exact) mass is 554 g/mol. The number of primary amides is 1. The number of benzene rings is 1. The molecule has 1 amide bonds. The van der Waals surface area contributed by atoms with E-state index in [1.807, 2.05) is 29.5 Å². The van der Waals surface area contributed by atoms with Crippen molar-refractivity contribution in [3.8, 4) is 5.75 Å². The number of aromatic hydroxyl groups is 1. The lowest BCUT2D eigenvalue weighted by atomic mass is 9.52. The quantitative estimate of drug-likeness (QED) is 0.335. The summed E-state index contributed by atoms with van der Waals surface area (Å²) in [7, 11) is 3.11. The van der Waals surface area contributed by atoms with Crippen LogP contribution in [0.1, 0.15) is 27.9 Å². The summed E-state index contributed by atoms with van der Waals surface area (Å²) in [5.41, 5.74) is 4.04. The Hall–Kier alpha value is -2.18. The van der Waals surface area contributed by atoms with Crippen LogP contribution in [0.2, 0.25) is 0 Å². The van der Waals surface area contributed by atoms with Gasteiger partial charge in [-0.05, 0) is 79.6 Å². The molecule has 0 saturated heterocycles. The first-order valence-electron chi connectivity index (χ1n) is 10.2. The highest BCUT2D eigenvalue weighted by Gasteiger charge is 2.69. The number of phenolic OH excluding ortho intramolecular Hbond substituents is 1. The highest BCUT2D eigenvalue weighted by molar-refractivity contribution is 14.1. The van der Waals surface area contributed by atoms with E-state index in [0.29, 0.717) is 9.13 Å². The van der Waals surface area contributed by atoms with Gasteiger partial charge in [-0.2, -0.15) is 0 Å². The maximum Gasteiger partial charge on any atom is 0.235 e. The van der Waals surface area contributed by atoms with Crippen LogP contribution in [0.15, 0.2) is 6.07 Å². The molecule has 4 rings (SSSR count). The molecule has 2 saturated carbocycles. The largest absolute Gasteiger partial charge is 0.506 e. The van der Waals surface area contributed by atoms with Gasteiger partial charge in [0, 0.05) is 5.92 Å². The third-order valence-electron chi connectivity index (χ3n) is 7.24. The standard InChI is InChI=1S/C22H23IN2O7/c1-7-4-11(23)16(26)13-9(7)5-8-6-10-15(25(2)3)18(28)14(21(24)31)20(30)22(10,32)19(29)12(8)17(13)27/h4,8,10,12,14-15,26,32H,5-6H2,1-3H3,(H2,24,31)/t8-,10-,12?,14?,15-,22-/m0/s1. The second kappa shape index (κ2) is 7.42. The van der Waals surface area contributed by atoms with E-state index in [4.69, 9.17) is 5.73 Å². The number of nitrogens with two attached hydrogens (primary N) is 1. The summed E-state index contributed by atoms with van der Waals surface area (Å²) >= 11 is 1.89. The Kier molecular flexibility index (Phi) is 5.33. The maximum atomic E-state index is 13.6. The number of nitrogens with zero attached hydrogens (tertiary/aromatic N) is 1. The van der Waals surface area contributed by atoms with Crippen LogP contribution in [-0.4, -0.2) is 69.9 Å². The summed E-state index contributed by atoms with van der Waals surface area (Å²) in [6.07, 6.45) is 0.332. The van der Waals surface area contributed by atoms with Gasteiger partial charge in [-0.3, -0.25) is 28.9 Å². The van der Waals surface area contributed by atoms with Crippen molar-refractivity contribution in [2.45, 2.75) is 31.4 Å². The molecule has 32 heavy (non-hydrogen) atoms. The zero-order valence-electron chi connectivity index (χ0n) is 17.7. The Bertz CT molecular complexity index is 1110. The lowest BCUT2D eigenvalue weighted by molar-refractivity contribution is -0.181. The molecule has 2 fully saturated rings. The summed E-state index contributed by atoms with van der Waals surface area (Å²) in [5.74, 6) is -10.2. The third kappa shape index (κ3) is 2.85. The minimum Gasteiger partial charge on any atom is -0.506 e. The van der Waals surface area contributed by atoms with Crippen LogP contribution in [0, 0.1) is 34.2 Å². The number of aliphatic hydroxyl groups is 1. The molecular weight excluding hydrogens is 531 g/mol. The lowest BCUT2D eigenvalue weighted by Crippen LogP contribution is -2.74. The van der Waals surface area contributed by atoms with Gasteiger partial charge in [0.1, 0.15) is 5.75 Å². The van der Waals surface area contributed by atoms with Gasteiger partial charge in [0.15, 0.2) is 34.7 Å². The van der Waals surface area contributed by atoms with Gasteiger partial charge in [0.2, 0.25) is 5.91 Å². The number of carbonyl (C=O) groups is 5. The summed E-state index contributed by atoms with van der Waals surface area (Å²) in [6.45, 7) is 1.81. The molecule has 10 heteroatoms. The first kappa shape index (κ1) is 23.0. The van der Waals surface area contributed by atoms with E-state index in [2.05, 4.69) is 0 Å². The average molecular weight is 554 g/mol. The van der Waals surface area contributed by atoms with Gasteiger partial charge >= 0.3 is 0 Å². The zero-order valence-corrected chi connectivity index (χ0v) is 19.9. The van der Waals surface area contributed by atoms with Crippen molar-refractivity contribution in [3.05, 3.63) is 26.3 Å². The molecule has 6 atom stereocenters. The fourth-order valence-electron chi connectivity index (χ4n) is 5.82. The highest BCUT2D eigenvalue weighted by Crippen LogP contribution is 2.51. The number of halogens is 1. The van der Waals surface area contributed by atoms with Crippen molar-refractivity contribution in [1.29, 1.82) is 0 Å². The van der Waals surface area contributed by atoms with Gasteiger partial charge in [0.05, 0.1) is 21.1 Å². The van der Waals surface area contributed by atoms with Crippen LogP contribution >= 0.6 is 22.6 Å². The molecule has 0 aromatic heterocycles. The van der Waals surface area contributed by atoms with Crippen molar-refractivity contribution in [2.24, 2.45) is 29.4 Å². The second-order valence-electron chi connectivity index (χ2n) is 9.17. The van der Waals surface area contributed by atoms with Crippen LogP contribution in [-0.2, 0) is 25.6 Å². The summed E-state index contributed by atoms with van der Waals surface area (Å²) in [6, 6.07) is 0.652. The number of likely N-dealkylation sites (N-methyl/N-ethyl adjacent to an activating group) is 1. The molecule has 0 radical (unpaired) electrons. The van der Waals surface area contributed by atoms with Crippen LogP contribution in [0.5, 0.6) is 5.75 Å². The number of carbonyl (C=O) groups excluding carboxylic acids is 5. The molecule has 0 aliphatic heterocycles. The number of Topliss-reactive ketones (excluding diaryl/α,β-unsaturated/α-hetero) is 4. The van der Waals surface area contributed by atoms with Crippen LogP contribution in [0.3, 0.4) is 0 Å². The Morgan fingerprint density at radius 3 is 2.41 bits per heavy atom. The third-order valence-corrected chi connectivity index (χ3v) is 8.06. The number of fused-ring (bicyclic) bond motifs is 3. The maximum absolute atomic E-state index is 13.6. The lowest BCUT2D eigenvalue weighted by Gasteiger charge is -2.52. The SMILES string of the molecule is Cc1cc(I)c(O)c2c1C[C@H]1C[C@H]3[C@H](N(C)C)C(=O)C(C(N)=O)C(=O)[C@@]3(O)C(=O)C1C2=O. The molecule has 2 unspecified atom stereocenters. The molecule has 4 N–H and O–H groups in total. The molecule has 3 aliphatic rings. The molecular formula is C22H23IN2O7. The number of ketones is 4. The smallest absolute Gasteiger partial charge is 0.235 e. The molecule has 9 nitrogen and oxygen atoms in total. The molecule has 0 bridgehead atoms. The molecule has 170 valence electrons. The second-order valence-corrected chi connectivity index (χ2v) is 10.3.